The molecule has 1 aromatic rings. The van der Waals surface area contributed by atoms with Gasteiger partial charge in [-0.05, 0) is 40.0 Å². The molecule has 96 valence electrons. The van der Waals surface area contributed by atoms with E-state index in [0.29, 0.717) is 16.0 Å². The summed E-state index contributed by atoms with van der Waals surface area (Å²) in [4.78, 5) is 0.204. The Bertz CT molecular complexity index is 493. The number of alkyl halides is 1. The van der Waals surface area contributed by atoms with Crippen LogP contribution in [0, 0.1) is 5.92 Å². The molecule has 0 spiro atoms. The Hall–Kier alpha value is 0.380. The lowest BCUT2D eigenvalue weighted by Crippen LogP contribution is -2.28. The number of halogens is 3. The molecule has 1 aromatic carbocycles. The van der Waals surface area contributed by atoms with Crippen molar-refractivity contribution in [2.75, 3.05) is 11.9 Å². The predicted octanol–water partition coefficient (Wildman–Crippen LogP) is 3.41. The van der Waals surface area contributed by atoms with Crippen molar-refractivity contribution in [1.82, 2.24) is 4.72 Å². The normalized spacial score (nSPS) is 13.6. The summed E-state index contributed by atoms with van der Waals surface area (Å²) < 4.78 is 27.0. The van der Waals surface area contributed by atoms with Crippen molar-refractivity contribution in [2.24, 2.45) is 5.92 Å². The monoisotopic (exact) mass is 403 g/mol. The number of hydrogen-bond acceptors (Lipinski definition) is 2. The van der Waals surface area contributed by atoms with Crippen LogP contribution in [0.15, 0.2) is 27.6 Å². The van der Waals surface area contributed by atoms with E-state index < -0.39 is 10.0 Å². The molecule has 1 N–H and O–H groups in total. The highest BCUT2D eigenvalue weighted by molar-refractivity contribution is 9.10. The molecule has 1 unspecified atom stereocenters. The second-order valence-corrected chi connectivity index (χ2v) is 7.36. The van der Waals surface area contributed by atoms with Crippen LogP contribution in [0.5, 0.6) is 0 Å². The first-order valence-corrected chi connectivity index (χ1v) is 8.65. The third kappa shape index (κ3) is 4.52. The SMILES string of the molecule is CC(CBr)CNS(=O)(=O)c1ccc(Cl)c(Br)c1. The Morgan fingerprint density at radius 3 is 2.65 bits per heavy atom. The summed E-state index contributed by atoms with van der Waals surface area (Å²) in [6, 6.07) is 4.52. The topological polar surface area (TPSA) is 46.2 Å². The van der Waals surface area contributed by atoms with E-state index in [1.807, 2.05) is 6.92 Å². The third-order valence-corrected chi connectivity index (χ3v) is 5.83. The fourth-order valence-corrected chi connectivity index (χ4v) is 3.10. The number of sulfonamides is 1. The summed E-state index contributed by atoms with van der Waals surface area (Å²) in [5.41, 5.74) is 0. The van der Waals surface area contributed by atoms with Gasteiger partial charge < -0.3 is 0 Å². The minimum atomic E-state index is -3.46. The van der Waals surface area contributed by atoms with Gasteiger partial charge in [0.25, 0.3) is 0 Å². The van der Waals surface area contributed by atoms with Gasteiger partial charge in [0.15, 0.2) is 0 Å². The average molecular weight is 406 g/mol. The number of hydrogen-bond donors (Lipinski definition) is 1. The fourth-order valence-electron chi connectivity index (χ4n) is 1.03. The average Bonchev–Trinajstić information content (AvgIpc) is 2.29. The molecule has 17 heavy (non-hydrogen) atoms. The molecule has 0 aliphatic heterocycles. The first-order valence-electron chi connectivity index (χ1n) is 4.87. The van der Waals surface area contributed by atoms with Gasteiger partial charge >= 0.3 is 0 Å². The van der Waals surface area contributed by atoms with Gasteiger partial charge in [-0.3, -0.25) is 0 Å². The number of nitrogens with one attached hydrogen (secondary N) is 1. The van der Waals surface area contributed by atoms with Gasteiger partial charge in [0.05, 0.1) is 9.92 Å². The molecule has 0 aliphatic carbocycles. The lowest BCUT2D eigenvalue weighted by molar-refractivity contribution is 0.563. The van der Waals surface area contributed by atoms with Gasteiger partial charge in [0, 0.05) is 16.3 Å². The molecule has 1 atom stereocenters. The second kappa shape index (κ2) is 6.52. The van der Waals surface area contributed by atoms with Crippen molar-refractivity contribution >= 4 is 53.5 Å². The molecule has 0 saturated carbocycles. The Balaban J connectivity index is 2.86. The second-order valence-electron chi connectivity index (χ2n) is 3.69. The Kier molecular flexibility index (Phi) is 5.92. The molecule has 0 heterocycles. The summed E-state index contributed by atoms with van der Waals surface area (Å²) in [6.07, 6.45) is 0. The predicted molar refractivity (Wildman–Crippen MR) is 77.3 cm³/mol. The van der Waals surface area contributed by atoms with E-state index in [1.165, 1.54) is 12.1 Å². The van der Waals surface area contributed by atoms with E-state index in [9.17, 15) is 8.42 Å². The van der Waals surface area contributed by atoms with E-state index in [4.69, 9.17) is 11.6 Å². The molecule has 0 fully saturated rings. The van der Waals surface area contributed by atoms with E-state index in [0.717, 1.165) is 5.33 Å². The van der Waals surface area contributed by atoms with Crippen molar-refractivity contribution in [3.8, 4) is 0 Å². The van der Waals surface area contributed by atoms with Crippen LogP contribution in [0.25, 0.3) is 0 Å². The molecule has 1 rings (SSSR count). The van der Waals surface area contributed by atoms with Gasteiger partial charge in [-0.2, -0.15) is 0 Å². The van der Waals surface area contributed by atoms with Crippen LogP contribution < -0.4 is 4.72 Å². The number of benzene rings is 1. The van der Waals surface area contributed by atoms with Crippen molar-refractivity contribution < 1.29 is 8.42 Å². The van der Waals surface area contributed by atoms with Crippen molar-refractivity contribution in [3.63, 3.8) is 0 Å². The van der Waals surface area contributed by atoms with Crippen LogP contribution in [0.1, 0.15) is 6.92 Å². The fraction of sp³-hybridized carbons (Fsp3) is 0.400. The smallest absolute Gasteiger partial charge is 0.211 e. The Labute approximate surface area is 123 Å². The maximum absolute atomic E-state index is 11.9. The molecule has 0 aliphatic rings. The third-order valence-electron chi connectivity index (χ3n) is 2.09. The highest BCUT2D eigenvalue weighted by Crippen LogP contribution is 2.25. The van der Waals surface area contributed by atoms with Crippen LogP contribution in [-0.2, 0) is 10.0 Å². The Morgan fingerprint density at radius 1 is 1.47 bits per heavy atom. The van der Waals surface area contributed by atoms with Gasteiger partial charge in [0.1, 0.15) is 0 Å². The minimum absolute atomic E-state index is 0.204. The van der Waals surface area contributed by atoms with E-state index in [1.54, 1.807) is 6.07 Å². The quantitative estimate of drug-likeness (QED) is 0.763. The molecule has 0 amide bonds. The first kappa shape index (κ1) is 15.4. The van der Waals surface area contributed by atoms with Crippen LogP contribution in [0.2, 0.25) is 5.02 Å². The van der Waals surface area contributed by atoms with Crippen molar-refractivity contribution in [2.45, 2.75) is 11.8 Å². The van der Waals surface area contributed by atoms with Crippen LogP contribution in [-0.4, -0.2) is 20.3 Å². The summed E-state index contributed by atoms with van der Waals surface area (Å²) in [5.74, 6) is 0.237. The van der Waals surface area contributed by atoms with Crippen molar-refractivity contribution in [3.05, 3.63) is 27.7 Å². The van der Waals surface area contributed by atoms with Gasteiger partial charge in [-0.1, -0.05) is 34.5 Å². The molecule has 3 nitrogen and oxygen atoms in total. The highest BCUT2D eigenvalue weighted by Gasteiger charge is 2.15. The lowest BCUT2D eigenvalue weighted by Gasteiger charge is -2.10. The summed E-state index contributed by atoms with van der Waals surface area (Å²) in [5, 5.41) is 1.23. The van der Waals surface area contributed by atoms with Gasteiger partial charge in [-0.15, -0.1) is 0 Å². The first-order chi connectivity index (χ1) is 7.86. The van der Waals surface area contributed by atoms with Crippen LogP contribution in [0.3, 0.4) is 0 Å². The number of rotatable bonds is 5. The van der Waals surface area contributed by atoms with Crippen molar-refractivity contribution in [1.29, 1.82) is 0 Å². The summed E-state index contributed by atoms with van der Waals surface area (Å²) >= 11 is 12.3. The van der Waals surface area contributed by atoms with Crippen LogP contribution >= 0.6 is 43.5 Å². The van der Waals surface area contributed by atoms with Gasteiger partial charge in [0.2, 0.25) is 10.0 Å². The zero-order valence-electron chi connectivity index (χ0n) is 9.08. The zero-order valence-corrected chi connectivity index (χ0v) is 13.8. The largest absolute Gasteiger partial charge is 0.240 e. The molecular weight excluding hydrogens is 393 g/mol. The lowest BCUT2D eigenvalue weighted by atomic mass is 10.2. The van der Waals surface area contributed by atoms with E-state index in [2.05, 4.69) is 36.6 Å². The molecule has 0 saturated heterocycles. The van der Waals surface area contributed by atoms with Gasteiger partial charge in [-0.25, -0.2) is 13.1 Å². The molecular formula is C10H12Br2ClNO2S. The summed E-state index contributed by atoms with van der Waals surface area (Å²) in [6.45, 7) is 2.35. The van der Waals surface area contributed by atoms with E-state index >= 15 is 0 Å². The Morgan fingerprint density at radius 2 is 2.12 bits per heavy atom. The van der Waals surface area contributed by atoms with Crippen LogP contribution in [0.4, 0.5) is 0 Å². The maximum atomic E-state index is 11.9. The zero-order chi connectivity index (χ0) is 13.1. The molecule has 0 aromatic heterocycles. The molecule has 0 bridgehead atoms. The molecule has 0 radical (unpaired) electrons. The minimum Gasteiger partial charge on any atom is -0.211 e. The standard InChI is InChI=1S/C10H12Br2ClNO2S/c1-7(5-11)6-14-17(15,16)8-2-3-10(13)9(12)4-8/h2-4,7,14H,5-6H2,1H3. The maximum Gasteiger partial charge on any atom is 0.240 e. The summed E-state index contributed by atoms with van der Waals surface area (Å²) in [7, 11) is -3.46. The van der Waals surface area contributed by atoms with E-state index in [-0.39, 0.29) is 10.8 Å². The molecule has 7 heteroatoms. The highest BCUT2D eigenvalue weighted by atomic mass is 79.9.